The van der Waals surface area contributed by atoms with E-state index >= 15 is 0 Å². The zero-order valence-corrected chi connectivity index (χ0v) is 15.6. The van der Waals surface area contributed by atoms with Crippen molar-refractivity contribution in [1.29, 1.82) is 0 Å². The number of benzene rings is 2. The minimum Gasteiger partial charge on any atom is -0.486 e. The molecule has 1 aliphatic carbocycles. The van der Waals surface area contributed by atoms with Gasteiger partial charge in [-0.3, -0.25) is 0 Å². The molecule has 1 saturated heterocycles. The third-order valence-electron chi connectivity index (χ3n) is 5.62. The molecule has 2 aromatic carbocycles. The van der Waals surface area contributed by atoms with Crippen molar-refractivity contribution in [3.63, 3.8) is 0 Å². The number of halogens is 2. The van der Waals surface area contributed by atoms with Crippen molar-refractivity contribution < 1.29 is 13.5 Å². The Balaban J connectivity index is 1.44. The highest BCUT2D eigenvalue weighted by Gasteiger charge is 2.42. The molecule has 2 fully saturated rings. The van der Waals surface area contributed by atoms with E-state index in [-0.39, 0.29) is 24.3 Å². The summed E-state index contributed by atoms with van der Waals surface area (Å²) >= 11 is 0. The van der Waals surface area contributed by atoms with Crippen LogP contribution in [-0.2, 0) is 6.61 Å². The number of nitrogens with zero attached hydrogens (tertiary/aromatic N) is 1. The molecular formula is C22H26F2N2O. The lowest BCUT2D eigenvalue weighted by atomic mass is 10.0. The molecular weight excluding hydrogens is 346 g/mol. The van der Waals surface area contributed by atoms with Crippen molar-refractivity contribution in [2.24, 2.45) is 0 Å². The molecule has 0 radical (unpaired) electrons. The van der Waals surface area contributed by atoms with Gasteiger partial charge >= 0.3 is 0 Å². The summed E-state index contributed by atoms with van der Waals surface area (Å²) < 4.78 is 34.1. The van der Waals surface area contributed by atoms with Gasteiger partial charge in [-0.05, 0) is 51.0 Å². The van der Waals surface area contributed by atoms with E-state index in [0.717, 1.165) is 44.0 Å². The van der Waals surface area contributed by atoms with E-state index in [1.807, 2.05) is 30.3 Å². The Morgan fingerprint density at radius 3 is 2.59 bits per heavy atom. The van der Waals surface area contributed by atoms with Gasteiger partial charge < -0.3 is 15.0 Å². The van der Waals surface area contributed by atoms with Crippen LogP contribution >= 0.6 is 0 Å². The molecule has 2 aromatic rings. The SMILES string of the molecule is CN1CCC(N[C@@H]2C[C@H]2c2cc(F)cc(F)c2OCc2ccccc2)CC1. The number of hydrogen-bond donors (Lipinski definition) is 1. The Hall–Kier alpha value is -1.98. The van der Waals surface area contributed by atoms with Gasteiger partial charge in [0.05, 0.1) is 0 Å². The van der Waals surface area contributed by atoms with Crippen LogP contribution in [0.2, 0.25) is 0 Å². The van der Waals surface area contributed by atoms with Gasteiger partial charge in [-0.15, -0.1) is 0 Å². The minimum absolute atomic E-state index is 0.112. The van der Waals surface area contributed by atoms with Crippen LogP contribution in [0.5, 0.6) is 5.75 Å². The summed E-state index contributed by atoms with van der Waals surface area (Å²) in [4.78, 5) is 2.33. The van der Waals surface area contributed by atoms with E-state index in [2.05, 4.69) is 17.3 Å². The zero-order valence-electron chi connectivity index (χ0n) is 15.6. The van der Waals surface area contributed by atoms with Crippen molar-refractivity contribution in [3.8, 4) is 5.75 Å². The fraction of sp³-hybridized carbons (Fsp3) is 0.455. The van der Waals surface area contributed by atoms with E-state index in [1.165, 1.54) is 6.07 Å². The van der Waals surface area contributed by atoms with Crippen LogP contribution in [0.25, 0.3) is 0 Å². The van der Waals surface area contributed by atoms with E-state index in [4.69, 9.17) is 4.74 Å². The maximum atomic E-state index is 14.4. The monoisotopic (exact) mass is 372 g/mol. The normalized spacial score (nSPS) is 23.4. The number of likely N-dealkylation sites (tertiary alicyclic amines) is 1. The van der Waals surface area contributed by atoms with Gasteiger partial charge in [-0.25, -0.2) is 8.78 Å². The van der Waals surface area contributed by atoms with Crippen molar-refractivity contribution in [2.45, 2.75) is 43.9 Å². The molecule has 0 bridgehead atoms. The van der Waals surface area contributed by atoms with Crippen LogP contribution in [0.1, 0.15) is 36.3 Å². The topological polar surface area (TPSA) is 24.5 Å². The molecule has 1 aliphatic heterocycles. The summed E-state index contributed by atoms with van der Waals surface area (Å²) in [7, 11) is 2.14. The van der Waals surface area contributed by atoms with Gasteiger partial charge in [0.1, 0.15) is 12.4 Å². The number of nitrogens with one attached hydrogen (secondary N) is 1. The summed E-state index contributed by atoms with van der Waals surface area (Å²) in [5.74, 6) is -0.857. The second kappa shape index (κ2) is 7.95. The van der Waals surface area contributed by atoms with Crippen molar-refractivity contribution in [2.75, 3.05) is 20.1 Å². The molecule has 2 atom stereocenters. The van der Waals surface area contributed by atoms with Crippen LogP contribution < -0.4 is 10.1 Å². The Morgan fingerprint density at radius 1 is 1.11 bits per heavy atom. The first-order valence-electron chi connectivity index (χ1n) is 9.70. The molecule has 144 valence electrons. The minimum atomic E-state index is -0.620. The van der Waals surface area contributed by atoms with Gasteiger partial charge in [-0.1, -0.05) is 30.3 Å². The van der Waals surface area contributed by atoms with Crippen LogP contribution in [0.4, 0.5) is 8.78 Å². The molecule has 0 spiro atoms. The van der Waals surface area contributed by atoms with Crippen molar-refractivity contribution in [1.82, 2.24) is 10.2 Å². The van der Waals surface area contributed by atoms with Gasteiger partial charge in [-0.2, -0.15) is 0 Å². The molecule has 0 unspecified atom stereocenters. The summed E-state index contributed by atoms with van der Waals surface area (Å²) in [6.45, 7) is 2.46. The van der Waals surface area contributed by atoms with E-state index < -0.39 is 11.6 Å². The summed E-state index contributed by atoms with van der Waals surface area (Å²) in [6.07, 6.45) is 3.14. The zero-order chi connectivity index (χ0) is 18.8. The van der Waals surface area contributed by atoms with Crippen LogP contribution in [0.3, 0.4) is 0 Å². The number of piperidine rings is 1. The maximum absolute atomic E-state index is 14.4. The largest absolute Gasteiger partial charge is 0.486 e. The van der Waals surface area contributed by atoms with E-state index in [1.54, 1.807) is 0 Å². The first kappa shape index (κ1) is 18.4. The average Bonchev–Trinajstić information content (AvgIpc) is 3.42. The molecule has 3 nitrogen and oxygen atoms in total. The quantitative estimate of drug-likeness (QED) is 0.827. The number of ether oxygens (including phenoxy) is 1. The molecule has 1 saturated carbocycles. The Morgan fingerprint density at radius 2 is 1.85 bits per heavy atom. The lowest BCUT2D eigenvalue weighted by Crippen LogP contribution is -2.42. The highest BCUT2D eigenvalue weighted by Crippen LogP contribution is 2.46. The van der Waals surface area contributed by atoms with Gasteiger partial charge in [0.2, 0.25) is 0 Å². The molecule has 0 aromatic heterocycles. The van der Waals surface area contributed by atoms with Gasteiger partial charge in [0, 0.05) is 29.6 Å². The van der Waals surface area contributed by atoms with Gasteiger partial charge in [0.15, 0.2) is 11.6 Å². The number of hydrogen-bond acceptors (Lipinski definition) is 3. The smallest absolute Gasteiger partial charge is 0.168 e. The summed E-state index contributed by atoms with van der Waals surface area (Å²) in [5, 5.41) is 3.67. The lowest BCUT2D eigenvalue weighted by Gasteiger charge is -2.29. The lowest BCUT2D eigenvalue weighted by molar-refractivity contribution is 0.233. The second-order valence-electron chi connectivity index (χ2n) is 7.77. The fourth-order valence-corrected chi connectivity index (χ4v) is 3.94. The molecule has 2 aliphatic rings. The molecule has 1 N–H and O–H groups in total. The third-order valence-corrected chi connectivity index (χ3v) is 5.62. The molecule has 1 heterocycles. The Labute approximate surface area is 159 Å². The highest BCUT2D eigenvalue weighted by molar-refractivity contribution is 5.42. The predicted molar refractivity (Wildman–Crippen MR) is 102 cm³/mol. The predicted octanol–water partition coefficient (Wildman–Crippen LogP) is 4.08. The number of rotatable bonds is 6. The Bertz CT molecular complexity index is 775. The molecule has 0 amide bonds. The first-order valence-corrected chi connectivity index (χ1v) is 9.70. The van der Waals surface area contributed by atoms with Crippen LogP contribution in [-0.4, -0.2) is 37.1 Å². The third kappa shape index (κ3) is 4.47. The summed E-state index contributed by atoms with van der Waals surface area (Å²) in [6, 6.07) is 12.7. The molecule has 27 heavy (non-hydrogen) atoms. The van der Waals surface area contributed by atoms with Crippen molar-refractivity contribution >= 4 is 0 Å². The highest BCUT2D eigenvalue weighted by atomic mass is 19.1. The fourth-order valence-electron chi connectivity index (χ4n) is 3.94. The second-order valence-corrected chi connectivity index (χ2v) is 7.77. The molecule has 4 rings (SSSR count). The van der Waals surface area contributed by atoms with Crippen LogP contribution in [0, 0.1) is 11.6 Å². The Kier molecular flexibility index (Phi) is 5.41. The first-order chi connectivity index (χ1) is 13.1. The average molecular weight is 372 g/mol. The van der Waals surface area contributed by atoms with Crippen LogP contribution in [0.15, 0.2) is 42.5 Å². The van der Waals surface area contributed by atoms with E-state index in [0.29, 0.717) is 11.6 Å². The van der Waals surface area contributed by atoms with E-state index in [9.17, 15) is 8.78 Å². The van der Waals surface area contributed by atoms with Gasteiger partial charge in [0.25, 0.3) is 0 Å². The standard InChI is InChI=1S/C22H26F2N2O/c1-26-9-7-17(8-10-26)25-21-13-18(21)19-11-16(23)12-20(24)22(19)27-14-15-5-3-2-4-6-15/h2-6,11-12,17-18,21,25H,7-10,13-14H2,1H3/t18-,21+/m0/s1. The molecule has 5 heteroatoms. The maximum Gasteiger partial charge on any atom is 0.168 e. The van der Waals surface area contributed by atoms with Crippen molar-refractivity contribution in [3.05, 3.63) is 65.2 Å². The summed E-state index contributed by atoms with van der Waals surface area (Å²) in [5.41, 5.74) is 1.61.